The second-order valence-corrected chi connectivity index (χ2v) is 5.07. The van der Waals surface area contributed by atoms with Gasteiger partial charge in [0.15, 0.2) is 0 Å². The van der Waals surface area contributed by atoms with Crippen molar-refractivity contribution in [1.29, 1.82) is 0 Å². The van der Waals surface area contributed by atoms with E-state index in [1.807, 2.05) is 29.2 Å². The lowest BCUT2D eigenvalue weighted by molar-refractivity contribution is 0.0854. The second kappa shape index (κ2) is 5.78. The number of benzene rings is 1. The number of hydrogen-bond acceptors (Lipinski definition) is 2. The second-order valence-electron chi connectivity index (χ2n) is 4.16. The van der Waals surface area contributed by atoms with Crippen LogP contribution in [0.15, 0.2) is 28.7 Å². The van der Waals surface area contributed by atoms with Gasteiger partial charge in [-0.3, -0.25) is 4.90 Å². The van der Waals surface area contributed by atoms with E-state index in [-0.39, 0.29) is 6.54 Å². The van der Waals surface area contributed by atoms with E-state index in [9.17, 15) is 8.78 Å². The van der Waals surface area contributed by atoms with Crippen LogP contribution < -0.4 is 4.90 Å². The van der Waals surface area contributed by atoms with Crippen LogP contribution in [-0.4, -0.2) is 44.0 Å². The van der Waals surface area contributed by atoms with Crippen LogP contribution in [0.3, 0.4) is 0 Å². The first-order valence-corrected chi connectivity index (χ1v) is 6.45. The van der Waals surface area contributed by atoms with Gasteiger partial charge in [0.2, 0.25) is 0 Å². The van der Waals surface area contributed by atoms with E-state index in [1.165, 1.54) is 0 Å². The molecule has 1 heterocycles. The maximum absolute atomic E-state index is 12.2. The number of halogens is 3. The van der Waals surface area contributed by atoms with E-state index >= 15 is 0 Å². The molecule has 0 atom stereocenters. The van der Waals surface area contributed by atoms with Crippen molar-refractivity contribution in [3.63, 3.8) is 0 Å². The zero-order valence-corrected chi connectivity index (χ0v) is 11.0. The van der Waals surface area contributed by atoms with Gasteiger partial charge >= 0.3 is 0 Å². The Balaban J connectivity index is 1.88. The van der Waals surface area contributed by atoms with Crippen molar-refractivity contribution in [1.82, 2.24) is 4.90 Å². The summed E-state index contributed by atoms with van der Waals surface area (Å²) in [6.07, 6.45) is -2.23. The summed E-state index contributed by atoms with van der Waals surface area (Å²) in [7, 11) is 0. The number of anilines is 1. The predicted molar refractivity (Wildman–Crippen MR) is 68.8 cm³/mol. The van der Waals surface area contributed by atoms with E-state index < -0.39 is 6.43 Å². The first-order chi connectivity index (χ1) is 8.15. The number of alkyl halides is 2. The smallest absolute Gasteiger partial charge is 0.251 e. The molecule has 0 spiro atoms. The van der Waals surface area contributed by atoms with Crippen LogP contribution >= 0.6 is 15.9 Å². The molecule has 0 bridgehead atoms. The van der Waals surface area contributed by atoms with Gasteiger partial charge in [-0.15, -0.1) is 0 Å². The summed E-state index contributed by atoms with van der Waals surface area (Å²) in [6, 6.07) is 8.10. The van der Waals surface area contributed by atoms with Gasteiger partial charge in [0.05, 0.1) is 6.54 Å². The van der Waals surface area contributed by atoms with Crippen molar-refractivity contribution >= 4 is 21.6 Å². The molecule has 2 nitrogen and oxygen atoms in total. The summed E-state index contributed by atoms with van der Waals surface area (Å²) in [5.41, 5.74) is 1.16. The van der Waals surface area contributed by atoms with Gasteiger partial charge in [-0.05, 0) is 24.3 Å². The molecule has 0 aromatic heterocycles. The van der Waals surface area contributed by atoms with Crippen LogP contribution in [-0.2, 0) is 0 Å². The lowest BCUT2D eigenvalue weighted by atomic mass is 10.2. The lowest BCUT2D eigenvalue weighted by Crippen LogP contribution is -2.47. The molecule has 17 heavy (non-hydrogen) atoms. The van der Waals surface area contributed by atoms with E-state index in [1.54, 1.807) is 0 Å². The topological polar surface area (TPSA) is 6.48 Å². The van der Waals surface area contributed by atoms with Crippen molar-refractivity contribution < 1.29 is 8.78 Å². The standard InChI is InChI=1S/C12H15BrF2N2/c13-10-1-3-11(4-2-10)17-7-5-16(6-8-17)9-12(14)15/h1-4,12H,5-9H2. The molecule has 1 saturated heterocycles. The van der Waals surface area contributed by atoms with Crippen molar-refractivity contribution in [2.75, 3.05) is 37.6 Å². The minimum atomic E-state index is -2.23. The molecule has 0 unspecified atom stereocenters. The van der Waals surface area contributed by atoms with Crippen molar-refractivity contribution in [3.8, 4) is 0 Å². The zero-order chi connectivity index (χ0) is 12.3. The minimum Gasteiger partial charge on any atom is -0.369 e. The Bertz CT molecular complexity index is 348. The molecule has 94 valence electrons. The van der Waals surface area contributed by atoms with Gasteiger partial charge in [-0.25, -0.2) is 8.78 Å². The van der Waals surface area contributed by atoms with Crippen LogP contribution in [0.5, 0.6) is 0 Å². The number of hydrogen-bond donors (Lipinski definition) is 0. The molecule has 1 aromatic rings. The highest BCUT2D eigenvalue weighted by molar-refractivity contribution is 9.10. The lowest BCUT2D eigenvalue weighted by Gasteiger charge is -2.35. The predicted octanol–water partition coefficient (Wildman–Crippen LogP) is 2.84. The van der Waals surface area contributed by atoms with Gasteiger partial charge in [-0.1, -0.05) is 15.9 Å². The Labute approximate surface area is 108 Å². The Morgan fingerprint density at radius 2 is 1.65 bits per heavy atom. The highest BCUT2D eigenvalue weighted by atomic mass is 79.9. The zero-order valence-electron chi connectivity index (χ0n) is 9.45. The van der Waals surface area contributed by atoms with E-state index in [4.69, 9.17) is 0 Å². The molecule has 1 fully saturated rings. The Hall–Kier alpha value is -0.680. The van der Waals surface area contributed by atoms with E-state index in [0.29, 0.717) is 13.1 Å². The average Bonchev–Trinajstić information content (AvgIpc) is 2.30. The summed E-state index contributed by atoms with van der Waals surface area (Å²) < 4.78 is 25.5. The third kappa shape index (κ3) is 3.64. The minimum absolute atomic E-state index is 0.103. The molecule has 5 heteroatoms. The number of nitrogens with zero attached hydrogens (tertiary/aromatic N) is 2. The van der Waals surface area contributed by atoms with Crippen LogP contribution in [0.25, 0.3) is 0 Å². The van der Waals surface area contributed by atoms with Gasteiger partial charge < -0.3 is 4.90 Å². The average molecular weight is 305 g/mol. The summed E-state index contributed by atoms with van der Waals surface area (Å²) in [6.45, 7) is 2.94. The van der Waals surface area contributed by atoms with Crippen LogP contribution in [0, 0.1) is 0 Å². The fourth-order valence-electron chi connectivity index (χ4n) is 2.04. The monoisotopic (exact) mass is 304 g/mol. The fourth-order valence-corrected chi connectivity index (χ4v) is 2.30. The summed E-state index contributed by atoms with van der Waals surface area (Å²) in [4.78, 5) is 4.05. The Kier molecular flexibility index (Phi) is 4.34. The van der Waals surface area contributed by atoms with E-state index in [2.05, 4.69) is 20.8 Å². The van der Waals surface area contributed by atoms with Gasteiger partial charge in [0.1, 0.15) is 0 Å². The molecule has 0 amide bonds. The summed E-state index contributed by atoms with van der Waals surface area (Å²) in [5.74, 6) is 0. The van der Waals surface area contributed by atoms with Crippen LogP contribution in [0.1, 0.15) is 0 Å². The number of piperazine rings is 1. The Morgan fingerprint density at radius 1 is 1.06 bits per heavy atom. The SMILES string of the molecule is FC(F)CN1CCN(c2ccc(Br)cc2)CC1. The molecule has 1 aliphatic heterocycles. The quantitative estimate of drug-likeness (QED) is 0.847. The van der Waals surface area contributed by atoms with Crippen LogP contribution in [0.2, 0.25) is 0 Å². The molecular weight excluding hydrogens is 290 g/mol. The maximum Gasteiger partial charge on any atom is 0.251 e. The molecular formula is C12H15BrF2N2. The first kappa shape index (κ1) is 12.8. The third-order valence-corrected chi connectivity index (χ3v) is 3.49. The Morgan fingerprint density at radius 3 is 2.18 bits per heavy atom. The highest BCUT2D eigenvalue weighted by Crippen LogP contribution is 2.19. The first-order valence-electron chi connectivity index (χ1n) is 5.66. The van der Waals surface area contributed by atoms with Gasteiger partial charge in [0.25, 0.3) is 6.43 Å². The van der Waals surface area contributed by atoms with Crippen molar-refractivity contribution in [2.24, 2.45) is 0 Å². The highest BCUT2D eigenvalue weighted by Gasteiger charge is 2.19. The largest absolute Gasteiger partial charge is 0.369 e. The molecule has 2 rings (SSSR count). The molecule has 0 aliphatic carbocycles. The fraction of sp³-hybridized carbons (Fsp3) is 0.500. The van der Waals surface area contributed by atoms with Crippen molar-refractivity contribution in [3.05, 3.63) is 28.7 Å². The third-order valence-electron chi connectivity index (χ3n) is 2.96. The molecule has 0 saturated carbocycles. The maximum atomic E-state index is 12.2. The normalized spacial score (nSPS) is 17.8. The summed E-state index contributed by atoms with van der Waals surface area (Å²) >= 11 is 3.40. The van der Waals surface area contributed by atoms with Crippen LogP contribution in [0.4, 0.5) is 14.5 Å². The summed E-state index contributed by atoms with van der Waals surface area (Å²) in [5, 5.41) is 0. The van der Waals surface area contributed by atoms with Gasteiger partial charge in [0, 0.05) is 36.3 Å². The molecule has 0 radical (unpaired) electrons. The number of rotatable bonds is 3. The molecule has 1 aromatic carbocycles. The molecule has 0 N–H and O–H groups in total. The molecule has 1 aliphatic rings. The van der Waals surface area contributed by atoms with Crippen molar-refractivity contribution in [2.45, 2.75) is 6.43 Å². The van der Waals surface area contributed by atoms with E-state index in [0.717, 1.165) is 23.2 Å². The van der Waals surface area contributed by atoms with Gasteiger partial charge in [-0.2, -0.15) is 0 Å².